The van der Waals surface area contributed by atoms with Gasteiger partial charge in [0.25, 0.3) is 5.91 Å². The van der Waals surface area contributed by atoms with Gasteiger partial charge >= 0.3 is 5.97 Å². The molecular weight excluding hydrogens is 410 g/mol. The average molecular weight is 431 g/mol. The molecule has 0 bridgehead atoms. The molecule has 0 fully saturated rings. The summed E-state index contributed by atoms with van der Waals surface area (Å²) in [4.78, 5) is 48.0. The van der Waals surface area contributed by atoms with E-state index in [1.54, 1.807) is 18.2 Å². The maximum absolute atomic E-state index is 12.5. The molecule has 0 aliphatic rings. The van der Waals surface area contributed by atoms with Gasteiger partial charge in [0.2, 0.25) is 11.8 Å². The predicted molar refractivity (Wildman–Crippen MR) is 119 cm³/mol. The molecule has 0 aromatic heterocycles. The van der Waals surface area contributed by atoms with E-state index in [1.807, 2.05) is 30.3 Å². The zero-order valence-electron chi connectivity index (χ0n) is 17.0. The van der Waals surface area contributed by atoms with Gasteiger partial charge in [-0.1, -0.05) is 42.5 Å². The summed E-state index contributed by atoms with van der Waals surface area (Å²) < 4.78 is 5.09. The van der Waals surface area contributed by atoms with Crippen molar-refractivity contribution in [2.45, 2.75) is 6.42 Å². The minimum Gasteiger partial charge on any atom is -0.452 e. The van der Waals surface area contributed by atoms with E-state index in [0.29, 0.717) is 16.9 Å². The minimum atomic E-state index is -0.750. The van der Waals surface area contributed by atoms with Gasteiger partial charge in [-0.15, -0.1) is 0 Å². The van der Waals surface area contributed by atoms with Gasteiger partial charge in [0, 0.05) is 11.3 Å². The largest absolute Gasteiger partial charge is 0.452 e. The molecule has 0 saturated carbocycles. The Morgan fingerprint density at radius 3 is 2.09 bits per heavy atom. The van der Waals surface area contributed by atoms with E-state index >= 15 is 0 Å². The fourth-order valence-electron chi connectivity index (χ4n) is 2.87. The van der Waals surface area contributed by atoms with E-state index < -0.39 is 24.4 Å². The van der Waals surface area contributed by atoms with Gasteiger partial charge < -0.3 is 21.1 Å². The molecule has 0 unspecified atom stereocenters. The number of primary amides is 1. The lowest BCUT2D eigenvalue weighted by Crippen LogP contribution is -2.22. The van der Waals surface area contributed by atoms with Crippen molar-refractivity contribution < 1.29 is 23.9 Å². The first-order chi connectivity index (χ1) is 15.4. The summed E-state index contributed by atoms with van der Waals surface area (Å²) in [5.74, 6) is -2.17. The van der Waals surface area contributed by atoms with Crippen molar-refractivity contribution in [2.75, 3.05) is 17.2 Å². The molecule has 8 heteroatoms. The van der Waals surface area contributed by atoms with E-state index in [1.165, 1.54) is 30.3 Å². The number of hydrogen-bond acceptors (Lipinski definition) is 5. The molecule has 4 N–H and O–H groups in total. The van der Waals surface area contributed by atoms with E-state index in [-0.39, 0.29) is 17.9 Å². The van der Waals surface area contributed by atoms with Gasteiger partial charge in [-0.3, -0.25) is 14.4 Å². The van der Waals surface area contributed by atoms with Crippen molar-refractivity contribution in [3.63, 3.8) is 0 Å². The lowest BCUT2D eigenvalue weighted by Gasteiger charge is -2.11. The molecule has 3 rings (SSSR count). The van der Waals surface area contributed by atoms with Crippen molar-refractivity contribution in [3.8, 4) is 0 Å². The maximum Gasteiger partial charge on any atom is 0.340 e. The fraction of sp³-hybridized carbons (Fsp3) is 0.0833. The van der Waals surface area contributed by atoms with Crippen LogP contribution in [-0.4, -0.2) is 30.3 Å². The smallest absolute Gasteiger partial charge is 0.340 e. The molecule has 32 heavy (non-hydrogen) atoms. The Kier molecular flexibility index (Phi) is 7.32. The van der Waals surface area contributed by atoms with Gasteiger partial charge in [-0.2, -0.15) is 0 Å². The number of amides is 3. The third-order valence-electron chi connectivity index (χ3n) is 4.42. The Balaban J connectivity index is 1.56. The first kappa shape index (κ1) is 22.2. The number of para-hydroxylation sites is 1. The summed E-state index contributed by atoms with van der Waals surface area (Å²) in [5, 5.41) is 5.25. The Labute approximate surface area is 184 Å². The molecule has 8 nitrogen and oxygen atoms in total. The van der Waals surface area contributed by atoms with Crippen LogP contribution in [0, 0.1) is 0 Å². The summed E-state index contributed by atoms with van der Waals surface area (Å²) in [5.41, 5.74) is 7.16. The topological polar surface area (TPSA) is 128 Å². The summed E-state index contributed by atoms with van der Waals surface area (Å²) in [6, 6.07) is 21.6. The van der Waals surface area contributed by atoms with Crippen LogP contribution in [0.4, 0.5) is 11.4 Å². The van der Waals surface area contributed by atoms with Crippen molar-refractivity contribution in [2.24, 2.45) is 5.73 Å². The molecule has 0 radical (unpaired) electrons. The number of esters is 1. The monoisotopic (exact) mass is 431 g/mol. The number of nitrogens with two attached hydrogens (primary N) is 1. The quantitative estimate of drug-likeness (QED) is 0.473. The van der Waals surface area contributed by atoms with Gasteiger partial charge in [-0.25, -0.2) is 4.79 Å². The van der Waals surface area contributed by atoms with Gasteiger partial charge in [0.05, 0.1) is 17.7 Å². The number of carbonyl (C=O) groups excluding carboxylic acids is 4. The number of benzene rings is 3. The molecule has 0 atom stereocenters. The third kappa shape index (κ3) is 6.27. The van der Waals surface area contributed by atoms with Crippen LogP contribution in [0.3, 0.4) is 0 Å². The molecule has 3 aromatic rings. The van der Waals surface area contributed by atoms with E-state index in [4.69, 9.17) is 10.5 Å². The minimum absolute atomic E-state index is 0.132. The Bertz CT molecular complexity index is 1130. The number of nitrogens with one attached hydrogen (secondary N) is 2. The number of anilines is 2. The van der Waals surface area contributed by atoms with E-state index in [0.717, 1.165) is 5.56 Å². The number of hydrogen-bond donors (Lipinski definition) is 3. The summed E-state index contributed by atoms with van der Waals surface area (Å²) in [6.07, 6.45) is 0.154. The highest BCUT2D eigenvalue weighted by atomic mass is 16.5. The molecule has 162 valence electrons. The van der Waals surface area contributed by atoms with Crippen molar-refractivity contribution in [3.05, 3.63) is 95.6 Å². The summed E-state index contributed by atoms with van der Waals surface area (Å²) in [6.45, 7) is -0.525. The summed E-state index contributed by atoms with van der Waals surface area (Å²) >= 11 is 0. The fourth-order valence-corrected chi connectivity index (χ4v) is 2.87. The van der Waals surface area contributed by atoms with E-state index in [9.17, 15) is 19.2 Å². The predicted octanol–water partition coefficient (Wildman–Crippen LogP) is 2.76. The van der Waals surface area contributed by atoms with Crippen LogP contribution in [0.25, 0.3) is 0 Å². The second-order valence-electron chi connectivity index (χ2n) is 6.82. The molecule has 0 aliphatic carbocycles. The summed E-state index contributed by atoms with van der Waals surface area (Å²) in [7, 11) is 0. The van der Waals surface area contributed by atoms with Crippen LogP contribution in [0.15, 0.2) is 78.9 Å². The SMILES string of the molecule is NC(=O)c1ccc(NC(=O)COC(=O)c2ccccc2NC(=O)Cc2ccccc2)cc1. The first-order valence-electron chi connectivity index (χ1n) is 9.72. The van der Waals surface area contributed by atoms with Crippen LogP contribution >= 0.6 is 0 Å². The van der Waals surface area contributed by atoms with Gasteiger partial charge in [0.1, 0.15) is 0 Å². The first-order valence-corrected chi connectivity index (χ1v) is 9.72. The Hall–Kier alpha value is -4.46. The van der Waals surface area contributed by atoms with Crippen LogP contribution in [0.1, 0.15) is 26.3 Å². The van der Waals surface area contributed by atoms with E-state index in [2.05, 4.69) is 10.6 Å². The standard InChI is InChI=1S/C24H21N3O5/c25-23(30)17-10-12-18(13-11-17)26-22(29)15-32-24(31)19-8-4-5-9-20(19)27-21(28)14-16-6-2-1-3-7-16/h1-13H,14-15H2,(H2,25,30)(H,26,29)(H,27,28). The zero-order chi connectivity index (χ0) is 22.9. The molecule has 3 amide bonds. The maximum atomic E-state index is 12.5. The molecule has 0 aliphatic heterocycles. The van der Waals surface area contributed by atoms with Crippen LogP contribution in [0.2, 0.25) is 0 Å². The molecule has 0 heterocycles. The van der Waals surface area contributed by atoms with Gasteiger partial charge in [0.15, 0.2) is 6.61 Å². The van der Waals surface area contributed by atoms with Crippen LogP contribution < -0.4 is 16.4 Å². The molecule has 0 saturated heterocycles. The lowest BCUT2D eigenvalue weighted by atomic mass is 10.1. The zero-order valence-corrected chi connectivity index (χ0v) is 17.0. The van der Waals surface area contributed by atoms with Crippen molar-refractivity contribution >= 4 is 35.1 Å². The normalized spacial score (nSPS) is 10.1. The molecule has 3 aromatic carbocycles. The van der Waals surface area contributed by atoms with Crippen molar-refractivity contribution in [1.82, 2.24) is 0 Å². The van der Waals surface area contributed by atoms with Crippen LogP contribution in [-0.2, 0) is 20.7 Å². The number of carbonyl (C=O) groups is 4. The second kappa shape index (κ2) is 10.5. The van der Waals surface area contributed by atoms with Crippen LogP contribution in [0.5, 0.6) is 0 Å². The second-order valence-corrected chi connectivity index (χ2v) is 6.82. The van der Waals surface area contributed by atoms with Crippen molar-refractivity contribution in [1.29, 1.82) is 0 Å². The number of ether oxygens (including phenoxy) is 1. The van der Waals surface area contributed by atoms with Gasteiger partial charge in [-0.05, 0) is 42.0 Å². The third-order valence-corrected chi connectivity index (χ3v) is 4.42. The number of rotatable bonds is 8. The molecule has 0 spiro atoms. The highest BCUT2D eigenvalue weighted by Crippen LogP contribution is 2.17. The highest BCUT2D eigenvalue weighted by Gasteiger charge is 2.16. The highest BCUT2D eigenvalue weighted by molar-refractivity contribution is 6.03. The Morgan fingerprint density at radius 2 is 1.41 bits per heavy atom. The molecular formula is C24H21N3O5. The Morgan fingerprint density at radius 1 is 0.750 bits per heavy atom. The lowest BCUT2D eigenvalue weighted by molar-refractivity contribution is -0.119. The average Bonchev–Trinajstić information content (AvgIpc) is 2.79.